The molecule has 0 bridgehead atoms. The summed E-state index contributed by atoms with van der Waals surface area (Å²) >= 11 is 9.16. The van der Waals surface area contributed by atoms with Crippen molar-refractivity contribution in [3.63, 3.8) is 0 Å². The second kappa shape index (κ2) is 7.69. The van der Waals surface area contributed by atoms with Crippen molar-refractivity contribution in [2.45, 2.75) is 19.8 Å². The van der Waals surface area contributed by atoms with Gasteiger partial charge in [-0.25, -0.2) is 0 Å². The fourth-order valence-corrected chi connectivity index (χ4v) is 2.06. The molecule has 0 aliphatic rings. The fraction of sp³-hybridized carbons (Fsp3) is 0.417. The zero-order valence-electron chi connectivity index (χ0n) is 9.63. The van der Waals surface area contributed by atoms with Gasteiger partial charge < -0.3 is 10.1 Å². The van der Waals surface area contributed by atoms with E-state index in [1.165, 1.54) is 0 Å². The zero-order chi connectivity index (χ0) is 12.7. The minimum atomic E-state index is -0.0206. The quantitative estimate of drug-likeness (QED) is 0.808. The van der Waals surface area contributed by atoms with Gasteiger partial charge in [0, 0.05) is 29.1 Å². The van der Waals surface area contributed by atoms with Crippen LogP contribution in [0, 0.1) is 0 Å². The SMILES string of the molecule is CCOCCCC(=O)Nc1ccc(Cl)cc1Br. The number of nitrogens with one attached hydrogen (secondary N) is 1. The monoisotopic (exact) mass is 319 g/mol. The van der Waals surface area contributed by atoms with Crippen LogP contribution in [0.5, 0.6) is 0 Å². The maximum absolute atomic E-state index is 11.6. The highest BCUT2D eigenvalue weighted by Gasteiger charge is 2.05. The number of benzene rings is 1. The summed E-state index contributed by atoms with van der Waals surface area (Å²) in [5, 5.41) is 3.45. The molecule has 0 saturated carbocycles. The lowest BCUT2D eigenvalue weighted by Crippen LogP contribution is -2.12. The molecule has 0 spiro atoms. The number of hydrogen-bond acceptors (Lipinski definition) is 2. The maximum atomic E-state index is 11.6. The molecule has 3 nitrogen and oxygen atoms in total. The number of rotatable bonds is 6. The molecule has 0 unspecified atom stereocenters. The molecule has 1 aromatic carbocycles. The Kier molecular flexibility index (Phi) is 6.55. The van der Waals surface area contributed by atoms with Crippen LogP contribution in [0.3, 0.4) is 0 Å². The van der Waals surface area contributed by atoms with Gasteiger partial charge in [0.2, 0.25) is 5.91 Å². The smallest absolute Gasteiger partial charge is 0.224 e. The van der Waals surface area contributed by atoms with Gasteiger partial charge in [-0.2, -0.15) is 0 Å². The summed E-state index contributed by atoms with van der Waals surface area (Å²) in [4.78, 5) is 11.6. The van der Waals surface area contributed by atoms with Crippen molar-refractivity contribution in [2.24, 2.45) is 0 Å². The second-order valence-corrected chi connectivity index (χ2v) is 4.76. The summed E-state index contributed by atoms with van der Waals surface area (Å²) in [6.07, 6.45) is 1.18. The number of halogens is 2. The van der Waals surface area contributed by atoms with Crippen molar-refractivity contribution >= 4 is 39.1 Å². The summed E-state index contributed by atoms with van der Waals surface area (Å²) in [6.45, 7) is 3.24. The molecule has 0 aliphatic carbocycles. The summed E-state index contributed by atoms with van der Waals surface area (Å²) in [7, 11) is 0. The van der Waals surface area contributed by atoms with Gasteiger partial charge in [0.25, 0.3) is 0 Å². The predicted octanol–water partition coefficient (Wildman–Crippen LogP) is 3.86. The van der Waals surface area contributed by atoms with Crippen LogP contribution in [0.1, 0.15) is 19.8 Å². The number of carbonyl (C=O) groups is 1. The Morgan fingerprint density at radius 1 is 1.53 bits per heavy atom. The highest BCUT2D eigenvalue weighted by molar-refractivity contribution is 9.10. The van der Waals surface area contributed by atoms with Gasteiger partial charge in [0.05, 0.1) is 5.69 Å². The molecule has 0 saturated heterocycles. The third kappa shape index (κ3) is 5.52. The van der Waals surface area contributed by atoms with Gasteiger partial charge in [-0.15, -0.1) is 0 Å². The maximum Gasteiger partial charge on any atom is 0.224 e. The first-order valence-corrected chi connectivity index (χ1v) is 6.63. The number of anilines is 1. The third-order valence-electron chi connectivity index (χ3n) is 2.10. The van der Waals surface area contributed by atoms with Gasteiger partial charge in [-0.05, 0) is 47.5 Å². The molecule has 1 amide bonds. The van der Waals surface area contributed by atoms with Crippen LogP contribution in [0.2, 0.25) is 5.02 Å². The average molecular weight is 321 g/mol. The van der Waals surface area contributed by atoms with Crippen LogP contribution >= 0.6 is 27.5 Å². The molecule has 1 N–H and O–H groups in total. The van der Waals surface area contributed by atoms with Crippen molar-refractivity contribution in [3.05, 3.63) is 27.7 Å². The van der Waals surface area contributed by atoms with Crippen LogP contribution < -0.4 is 5.32 Å². The Labute approximate surface area is 115 Å². The Morgan fingerprint density at radius 3 is 2.94 bits per heavy atom. The molecule has 1 aromatic rings. The molecular formula is C12H15BrClNO2. The van der Waals surface area contributed by atoms with Gasteiger partial charge in [-0.3, -0.25) is 4.79 Å². The van der Waals surface area contributed by atoms with E-state index in [4.69, 9.17) is 16.3 Å². The lowest BCUT2D eigenvalue weighted by Gasteiger charge is -2.07. The summed E-state index contributed by atoms with van der Waals surface area (Å²) in [6, 6.07) is 5.26. The van der Waals surface area contributed by atoms with E-state index < -0.39 is 0 Å². The van der Waals surface area contributed by atoms with Crippen molar-refractivity contribution in [3.8, 4) is 0 Å². The number of hydrogen-bond donors (Lipinski definition) is 1. The van der Waals surface area contributed by atoms with E-state index in [1.807, 2.05) is 6.92 Å². The van der Waals surface area contributed by atoms with Crippen LogP contribution in [-0.2, 0) is 9.53 Å². The van der Waals surface area contributed by atoms with Crippen LogP contribution in [0.25, 0.3) is 0 Å². The largest absolute Gasteiger partial charge is 0.382 e. The van der Waals surface area contributed by atoms with Crippen LogP contribution in [0.4, 0.5) is 5.69 Å². The molecule has 0 aliphatic heterocycles. The molecule has 0 aromatic heterocycles. The summed E-state index contributed by atoms with van der Waals surface area (Å²) < 4.78 is 5.95. The fourth-order valence-electron chi connectivity index (χ4n) is 1.28. The molecule has 5 heteroatoms. The lowest BCUT2D eigenvalue weighted by molar-refractivity contribution is -0.116. The minimum Gasteiger partial charge on any atom is -0.382 e. The first kappa shape index (κ1) is 14.5. The Bertz CT molecular complexity index is 385. The molecule has 0 atom stereocenters. The van der Waals surface area contributed by atoms with Crippen LogP contribution in [-0.4, -0.2) is 19.1 Å². The van der Waals surface area contributed by atoms with Crippen molar-refractivity contribution in [2.75, 3.05) is 18.5 Å². The van der Waals surface area contributed by atoms with Gasteiger partial charge >= 0.3 is 0 Å². The minimum absolute atomic E-state index is 0.0206. The highest BCUT2D eigenvalue weighted by Crippen LogP contribution is 2.25. The van der Waals surface area contributed by atoms with E-state index in [1.54, 1.807) is 18.2 Å². The van der Waals surface area contributed by atoms with E-state index in [9.17, 15) is 4.79 Å². The van der Waals surface area contributed by atoms with E-state index >= 15 is 0 Å². The van der Waals surface area contributed by atoms with E-state index in [2.05, 4.69) is 21.2 Å². The summed E-state index contributed by atoms with van der Waals surface area (Å²) in [5.41, 5.74) is 0.732. The molecule has 1 rings (SSSR count). The number of amides is 1. The Balaban J connectivity index is 2.40. The van der Waals surface area contributed by atoms with Crippen LogP contribution in [0.15, 0.2) is 22.7 Å². The Morgan fingerprint density at radius 2 is 2.29 bits per heavy atom. The lowest BCUT2D eigenvalue weighted by atomic mass is 10.2. The first-order valence-electron chi connectivity index (χ1n) is 5.46. The highest BCUT2D eigenvalue weighted by atomic mass is 79.9. The number of carbonyl (C=O) groups excluding carboxylic acids is 1. The van der Waals surface area contributed by atoms with Gasteiger partial charge in [0.15, 0.2) is 0 Å². The zero-order valence-corrected chi connectivity index (χ0v) is 12.0. The van der Waals surface area contributed by atoms with Crippen molar-refractivity contribution in [1.29, 1.82) is 0 Å². The average Bonchev–Trinajstić information content (AvgIpc) is 2.28. The molecule has 0 fully saturated rings. The molecule has 94 valence electrons. The van der Waals surface area contributed by atoms with E-state index in [-0.39, 0.29) is 5.91 Å². The predicted molar refractivity (Wildman–Crippen MR) is 73.5 cm³/mol. The van der Waals surface area contributed by atoms with Gasteiger partial charge in [0.1, 0.15) is 0 Å². The van der Waals surface area contributed by atoms with Crippen molar-refractivity contribution < 1.29 is 9.53 Å². The Hall–Kier alpha value is -0.580. The van der Waals surface area contributed by atoms with E-state index in [0.717, 1.165) is 16.6 Å². The molecule has 17 heavy (non-hydrogen) atoms. The standard InChI is InChI=1S/C12H15BrClNO2/c1-2-17-7-3-4-12(16)15-11-6-5-9(14)8-10(11)13/h5-6,8H,2-4,7H2,1H3,(H,15,16). The van der Waals surface area contributed by atoms with Gasteiger partial charge in [-0.1, -0.05) is 11.6 Å². The molecule has 0 heterocycles. The second-order valence-electron chi connectivity index (χ2n) is 3.47. The topological polar surface area (TPSA) is 38.3 Å². The number of ether oxygens (including phenoxy) is 1. The first-order chi connectivity index (χ1) is 8.13. The molecule has 0 radical (unpaired) electrons. The third-order valence-corrected chi connectivity index (χ3v) is 2.99. The van der Waals surface area contributed by atoms with E-state index in [0.29, 0.717) is 24.7 Å². The molecular weight excluding hydrogens is 305 g/mol. The normalized spacial score (nSPS) is 10.3. The summed E-state index contributed by atoms with van der Waals surface area (Å²) in [5.74, 6) is -0.0206. The van der Waals surface area contributed by atoms with Crippen molar-refractivity contribution in [1.82, 2.24) is 0 Å².